The molecule has 9 nitrogen and oxygen atoms in total. The summed E-state index contributed by atoms with van der Waals surface area (Å²) in [6.07, 6.45) is 1.71. The topological polar surface area (TPSA) is 117 Å². The van der Waals surface area contributed by atoms with Gasteiger partial charge in [0.05, 0.1) is 10.6 Å². The van der Waals surface area contributed by atoms with Crippen molar-refractivity contribution in [3.8, 4) is 22.9 Å². The van der Waals surface area contributed by atoms with Crippen LogP contribution in [0.4, 0.5) is 17.1 Å². The Morgan fingerprint density at radius 3 is 2.22 bits per heavy atom. The molecule has 1 fully saturated rings. The Morgan fingerprint density at radius 2 is 1.54 bits per heavy atom. The first kappa shape index (κ1) is 24.5. The lowest BCUT2D eigenvalue weighted by atomic mass is 10.1. The summed E-state index contributed by atoms with van der Waals surface area (Å²) in [7, 11) is 0.0440. The molecule has 0 spiro atoms. The van der Waals surface area contributed by atoms with Crippen LogP contribution in [0, 0.1) is 5.41 Å². The maximum atomic E-state index is 13.0. The summed E-state index contributed by atoms with van der Waals surface area (Å²) in [6.45, 7) is 1.91. The monoisotopic (exact) mass is 517 g/mol. The molecule has 3 aromatic carbocycles. The highest BCUT2D eigenvalue weighted by atomic mass is 32.2. The van der Waals surface area contributed by atoms with Gasteiger partial charge in [0.2, 0.25) is 17.7 Å². The Hall–Kier alpha value is -4.18. The van der Waals surface area contributed by atoms with Gasteiger partial charge in [0, 0.05) is 42.0 Å². The Kier molecular flexibility index (Phi) is 6.20. The van der Waals surface area contributed by atoms with Crippen molar-refractivity contribution in [1.82, 2.24) is 10.2 Å². The lowest BCUT2D eigenvalue weighted by Crippen LogP contribution is -2.21. The SMILES string of the molecule is CN(C)c1cccc(-c2nnc(-c3ccc(S(=O)(=O)Nc4cccc(NC(=O)C5(C)CC5)c4)cc3)o2)c1. The van der Waals surface area contributed by atoms with Gasteiger partial charge in [-0.1, -0.05) is 19.1 Å². The van der Waals surface area contributed by atoms with E-state index in [2.05, 4.69) is 20.2 Å². The zero-order valence-corrected chi connectivity index (χ0v) is 21.5. The van der Waals surface area contributed by atoms with Gasteiger partial charge in [-0.2, -0.15) is 0 Å². The van der Waals surface area contributed by atoms with Gasteiger partial charge in [-0.15, -0.1) is 10.2 Å². The minimum Gasteiger partial charge on any atom is -0.416 e. The van der Waals surface area contributed by atoms with Crippen LogP contribution < -0.4 is 14.9 Å². The number of nitrogens with one attached hydrogen (secondary N) is 2. The van der Waals surface area contributed by atoms with Crippen LogP contribution in [0.3, 0.4) is 0 Å². The maximum absolute atomic E-state index is 13.0. The van der Waals surface area contributed by atoms with Crippen molar-refractivity contribution in [3.05, 3.63) is 72.8 Å². The molecular weight excluding hydrogens is 490 g/mol. The number of amides is 1. The van der Waals surface area contributed by atoms with Crippen LogP contribution in [0.25, 0.3) is 22.9 Å². The highest BCUT2D eigenvalue weighted by Crippen LogP contribution is 2.45. The molecule has 1 heterocycles. The predicted octanol–water partition coefficient (Wildman–Crippen LogP) is 5.01. The van der Waals surface area contributed by atoms with E-state index >= 15 is 0 Å². The summed E-state index contributed by atoms with van der Waals surface area (Å²) in [4.78, 5) is 14.4. The van der Waals surface area contributed by atoms with Gasteiger partial charge in [-0.3, -0.25) is 9.52 Å². The minimum atomic E-state index is -3.86. The van der Waals surface area contributed by atoms with Gasteiger partial charge < -0.3 is 14.6 Å². The minimum absolute atomic E-state index is 0.0577. The fraction of sp³-hybridized carbons (Fsp3) is 0.222. The molecular formula is C27H27N5O4S. The third-order valence-corrected chi connectivity index (χ3v) is 7.76. The first-order valence-electron chi connectivity index (χ1n) is 11.8. The van der Waals surface area contributed by atoms with Gasteiger partial charge in [-0.25, -0.2) is 8.42 Å². The van der Waals surface area contributed by atoms with Crippen LogP contribution in [0.1, 0.15) is 19.8 Å². The first-order valence-corrected chi connectivity index (χ1v) is 13.3. The van der Waals surface area contributed by atoms with Crippen LogP contribution in [0.15, 0.2) is 82.1 Å². The highest BCUT2D eigenvalue weighted by Gasteiger charge is 2.44. The van der Waals surface area contributed by atoms with Gasteiger partial charge in [-0.05, 0) is 73.5 Å². The van der Waals surface area contributed by atoms with Crippen molar-refractivity contribution in [2.45, 2.75) is 24.7 Å². The van der Waals surface area contributed by atoms with E-state index in [0.29, 0.717) is 22.8 Å². The fourth-order valence-electron chi connectivity index (χ4n) is 3.72. The third-order valence-electron chi connectivity index (χ3n) is 6.37. The highest BCUT2D eigenvalue weighted by molar-refractivity contribution is 7.92. The average Bonchev–Trinajstić information content (AvgIpc) is 3.44. The number of benzene rings is 3. The van der Waals surface area contributed by atoms with E-state index in [-0.39, 0.29) is 22.1 Å². The molecule has 1 aliphatic rings. The average molecular weight is 518 g/mol. The van der Waals surface area contributed by atoms with Crippen molar-refractivity contribution in [2.24, 2.45) is 5.41 Å². The molecule has 1 amide bonds. The maximum Gasteiger partial charge on any atom is 0.261 e. The van der Waals surface area contributed by atoms with Crippen LogP contribution in [-0.2, 0) is 14.8 Å². The van der Waals surface area contributed by atoms with E-state index in [0.717, 1.165) is 24.1 Å². The Labute approximate surface area is 215 Å². The van der Waals surface area contributed by atoms with Gasteiger partial charge >= 0.3 is 0 Å². The standard InChI is InChI=1S/C27H27N5O4S/c1-27(14-15-27)26(33)28-20-7-5-8-21(17-20)31-37(34,35)23-12-10-18(11-13-23)24-29-30-25(36-24)19-6-4-9-22(16-19)32(2)3/h4-13,16-17,31H,14-15H2,1-3H3,(H,28,33). The second-order valence-electron chi connectivity index (χ2n) is 9.58. The van der Waals surface area contributed by atoms with Crippen molar-refractivity contribution < 1.29 is 17.6 Å². The van der Waals surface area contributed by atoms with Gasteiger partial charge in [0.25, 0.3) is 10.0 Å². The molecule has 190 valence electrons. The van der Waals surface area contributed by atoms with Crippen LogP contribution in [0.5, 0.6) is 0 Å². The number of hydrogen-bond acceptors (Lipinski definition) is 7. The molecule has 0 bridgehead atoms. The van der Waals surface area contributed by atoms with Gasteiger partial charge in [0.1, 0.15) is 0 Å². The van der Waals surface area contributed by atoms with Crippen molar-refractivity contribution in [3.63, 3.8) is 0 Å². The summed E-state index contributed by atoms with van der Waals surface area (Å²) < 4.78 is 34.4. The quantitative estimate of drug-likeness (QED) is 0.337. The molecule has 37 heavy (non-hydrogen) atoms. The molecule has 0 unspecified atom stereocenters. The number of sulfonamides is 1. The number of hydrogen-bond donors (Lipinski definition) is 2. The lowest BCUT2D eigenvalue weighted by molar-refractivity contribution is -0.120. The Bertz CT molecular complexity index is 1560. The molecule has 0 atom stereocenters. The van der Waals surface area contributed by atoms with E-state index in [4.69, 9.17) is 4.42 Å². The second kappa shape index (κ2) is 9.36. The van der Waals surface area contributed by atoms with Crippen molar-refractivity contribution in [1.29, 1.82) is 0 Å². The summed E-state index contributed by atoms with van der Waals surface area (Å²) in [5.41, 5.74) is 2.95. The number of anilines is 3. The Balaban J connectivity index is 1.30. The summed E-state index contributed by atoms with van der Waals surface area (Å²) in [5.74, 6) is 0.604. The number of aromatic nitrogens is 2. The van der Waals surface area contributed by atoms with E-state index < -0.39 is 10.0 Å². The van der Waals surface area contributed by atoms with Crippen molar-refractivity contribution >= 4 is 33.0 Å². The molecule has 0 saturated heterocycles. The largest absolute Gasteiger partial charge is 0.416 e. The van der Waals surface area contributed by atoms with Crippen LogP contribution in [0.2, 0.25) is 0 Å². The summed E-state index contributed by atoms with van der Waals surface area (Å²) in [5, 5.41) is 11.1. The van der Waals surface area contributed by atoms with Crippen molar-refractivity contribution in [2.75, 3.05) is 29.0 Å². The second-order valence-corrected chi connectivity index (χ2v) is 11.3. The number of carbonyl (C=O) groups excluding carboxylic acids is 1. The molecule has 1 aliphatic carbocycles. The molecule has 2 N–H and O–H groups in total. The zero-order chi connectivity index (χ0) is 26.2. The number of carbonyl (C=O) groups is 1. The van der Waals surface area contributed by atoms with E-state index in [1.165, 1.54) is 12.1 Å². The molecule has 0 aliphatic heterocycles. The molecule has 1 aromatic heterocycles. The summed E-state index contributed by atoms with van der Waals surface area (Å²) in [6, 6.07) is 20.6. The normalized spacial score (nSPS) is 14.1. The molecule has 5 rings (SSSR count). The number of nitrogens with zero attached hydrogens (tertiary/aromatic N) is 3. The molecule has 1 saturated carbocycles. The number of rotatable bonds is 8. The van der Waals surface area contributed by atoms with E-state index in [1.807, 2.05) is 50.2 Å². The smallest absolute Gasteiger partial charge is 0.261 e. The third kappa shape index (κ3) is 5.34. The molecule has 10 heteroatoms. The zero-order valence-electron chi connectivity index (χ0n) is 20.7. The van der Waals surface area contributed by atoms with E-state index in [1.54, 1.807) is 36.4 Å². The predicted molar refractivity (Wildman–Crippen MR) is 143 cm³/mol. The summed E-state index contributed by atoms with van der Waals surface area (Å²) >= 11 is 0. The van der Waals surface area contributed by atoms with Crippen LogP contribution in [-0.4, -0.2) is 38.6 Å². The first-order chi connectivity index (χ1) is 17.6. The van der Waals surface area contributed by atoms with Gasteiger partial charge in [0.15, 0.2) is 0 Å². The van der Waals surface area contributed by atoms with E-state index in [9.17, 15) is 13.2 Å². The van der Waals surface area contributed by atoms with Crippen LogP contribution >= 0.6 is 0 Å². The lowest BCUT2D eigenvalue weighted by Gasteiger charge is -2.12. The Morgan fingerprint density at radius 1 is 0.892 bits per heavy atom. The molecule has 0 radical (unpaired) electrons. The molecule has 4 aromatic rings. The fourth-order valence-corrected chi connectivity index (χ4v) is 4.77.